The minimum atomic E-state index is 0.375. The third-order valence-electron chi connectivity index (χ3n) is 2.38. The number of allylic oxidation sites excluding steroid dienone is 3. The van der Waals surface area contributed by atoms with E-state index in [4.69, 9.17) is 5.73 Å². The van der Waals surface area contributed by atoms with E-state index in [2.05, 4.69) is 19.9 Å². The van der Waals surface area contributed by atoms with Gasteiger partial charge in [-0.25, -0.2) is 0 Å². The predicted octanol–water partition coefficient (Wildman–Crippen LogP) is 2.45. The van der Waals surface area contributed by atoms with Crippen LogP contribution in [0.2, 0.25) is 0 Å². The van der Waals surface area contributed by atoms with Crippen LogP contribution in [0.4, 0.5) is 0 Å². The Bertz CT molecular complexity index is 173. The third kappa shape index (κ3) is 2.41. The molecule has 1 saturated carbocycles. The van der Waals surface area contributed by atoms with Crippen molar-refractivity contribution in [2.45, 2.75) is 26.7 Å². The number of nitrogens with two attached hydrogens (primary N) is 1. The molecule has 1 heteroatoms. The van der Waals surface area contributed by atoms with Crippen molar-refractivity contribution >= 4 is 0 Å². The molecule has 2 N–H and O–H groups in total. The second-order valence-corrected chi connectivity index (χ2v) is 3.84. The standard InChI is InChI=1S/C10H17N/c1-10(2,9-5-6-9)7-3-4-8-11/h3-4,7-9H,5-6,11H2,1-2H3/b7-3-,8-4-. The summed E-state index contributed by atoms with van der Waals surface area (Å²) in [6.45, 7) is 4.57. The molecule has 0 aromatic carbocycles. The third-order valence-corrected chi connectivity index (χ3v) is 2.38. The van der Waals surface area contributed by atoms with E-state index in [1.54, 1.807) is 6.20 Å². The maximum absolute atomic E-state index is 5.22. The van der Waals surface area contributed by atoms with Gasteiger partial charge in [-0.05, 0) is 36.5 Å². The zero-order chi connectivity index (χ0) is 8.32. The second kappa shape index (κ2) is 3.12. The highest BCUT2D eigenvalue weighted by atomic mass is 14.5. The summed E-state index contributed by atoms with van der Waals surface area (Å²) in [4.78, 5) is 0. The van der Waals surface area contributed by atoms with Crippen molar-refractivity contribution in [3.63, 3.8) is 0 Å². The van der Waals surface area contributed by atoms with Crippen LogP contribution >= 0.6 is 0 Å². The lowest BCUT2D eigenvalue weighted by Gasteiger charge is -2.18. The molecule has 0 radical (unpaired) electrons. The minimum Gasteiger partial charge on any atom is -0.405 e. The largest absolute Gasteiger partial charge is 0.405 e. The summed E-state index contributed by atoms with van der Waals surface area (Å²) in [5, 5.41) is 0. The van der Waals surface area contributed by atoms with Gasteiger partial charge in [-0.2, -0.15) is 0 Å². The van der Waals surface area contributed by atoms with E-state index in [-0.39, 0.29) is 0 Å². The lowest BCUT2D eigenvalue weighted by atomic mass is 9.87. The summed E-state index contributed by atoms with van der Waals surface area (Å²) >= 11 is 0. The van der Waals surface area contributed by atoms with Gasteiger partial charge in [0.15, 0.2) is 0 Å². The zero-order valence-corrected chi connectivity index (χ0v) is 7.38. The van der Waals surface area contributed by atoms with Gasteiger partial charge in [0.1, 0.15) is 0 Å². The van der Waals surface area contributed by atoms with Crippen LogP contribution in [-0.2, 0) is 0 Å². The monoisotopic (exact) mass is 151 g/mol. The van der Waals surface area contributed by atoms with E-state index < -0.39 is 0 Å². The van der Waals surface area contributed by atoms with Crippen molar-refractivity contribution in [1.29, 1.82) is 0 Å². The lowest BCUT2D eigenvalue weighted by Crippen LogP contribution is -2.09. The molecule has 0 spiro atoms. The SMILES string of the molecule is CC(C)(/C=C\C=C/N)C1CC1. The van der Waals surface area contributed by atoms with Crippen LogP contribution in [-0.4, -0.2) is 0 Å². The average Bonchev–Trinajstić information content (AvgIpc) is 2.68. The van der Waals surface area contributed by atoms with Gasteiger partial charge in [-0.3, -0.25) is 0 Å². The van der Waals surface area contributed by atoms with Gasteiger partial charge in [-0.1, -0.05) is 26.0 Å². The molecule has 0 aliphatic heterocycles. The molecule has 0 aromatic heterocycles. The fourth-order valence-electron chi connectivity index (χ4n) is 1.33. The maximum atomic E-state index is 5.22. The van der Waals surface area contributed by atoms with Crippen LogP contribution in [0, 0.1) is 11.3 Å². The van der Waals surface area contributed by atoms with E-state index in [1.807, 2.05) is 12.2 Å². The number of hydrogen-bond acceptors (Lipinski definition) is 1. The van der Waals surface area contributed by atoms with Crippen LogP contribution in [0.3, 0.4) is 0 Å². The molecule has 0 atom stereocenters. The molecule has 11 heavy (non-hydrogen) atoms. The van der Waals surface area contributed by atoms with Gasteiger partial charge in [-0.15, -0.1) is 0 Å². The highest BCUT2D eigenvalue weighted by Gasteiger charge is 2.35. The van der Waals surface area contributed by atoms with E-state index in [1.165, 1.54) is 12.8 Å². The van der Waals surface area contributed by atoms with Gasteiger partial charge in [0.2, 0.25) is 0 Å². The Morgan fingerprint density at radius 2 is 1.91 bits per heavy atom. The van der Waals surface area contributed by atoms with Gasteiger partial charge in [0, 0.05) is 0 Å². The van der Waals surface area contributed by atoms with Crippen LogP contribution in [0.5, 0.6) is 0 Å². The van der Waals surface area contributed by atoms with Gasteiger partial charge in [0.25, 0.3) is 0 Å². The van der Waals surface area contributed by atoms with Crippen molar-refractivity contribution in [1.82, 2.24) is 0 Å². The van der Waals surface area contributed by atoms with Crippen LogP contribution in [0.15, 0.2) is 24.4 Å². The van der Waals surface area contributed by atoms with Crippen molar-refractivity contribution in [2.75, 3.05) is 0 Å². The first-order valence-electron chi connectivity index (χ1n) is 4.23. The molecule has 1 nitrogen and oxygen atoms in total. The topological polar surface area (TPSA) is 26.0 Å². The normalized spacial score (nSPS) is 20.2. The van der Waals surface area contributed by atoms with Crippen LogP contribution in [0.25, 0.3) is 0 Å². The lowest BCUT2D eigenvalue weighted by molar-refractivity contribution is 0.411. The molecule has 62 valence electrons. The first kappa shape index (κ1) is 8.38. The fraction of sp³-hybridized carbons (Fsp3) is 0.600. The Morgan fingerprint density at radius 3 is 2.36 bits per heavy atom. The minimum absolute atomic E-state index is 0.375. The molecule has 0 saturated heterocycles. The molecule has 0 aromatic rings. The average molecular weight is 151 g/mol. The Balaban J connectivity index is 2.44. The Labute approximate surface area is 69.0 Å². The molecule has 1 fully saturated rings. The summed E-state index contributed by atoms with van der Waals surface area (Å²) in [6, 6.07) is 0. The van der Waals surface area contributed by atoms with E-state index in [0.29, 0.717) is 5.41 Å². The van der Waals surface area contributed by atoms with Crippen molar-refractivity contribution in [2.24, 2.45) is 17.1 Å². The highest BCUT2D eigenvalue weighted by molar-refractivity contribution is 5.09. The van der Waals surface area contributed by atoms with Crippen molar-refractivity contribution < 1.29 is 0 Å². The first-order valence-corrected chi connectivity index (χ1v) is 4.23. The molecule has 1 aliphatic rings. The Morgan fingerprint density at radius 1 is 1.27 bits per heavy atom. The number of rotatable bonds is 3. The van der Waals surface area contributed by atoms with Crippen LogP contribution in [0.1, 0.15) is 26.7 Å². The van der Waals surface area contributed by atoms with Crippen LogP contribution < -0.4 is 5.73 Å². The summed E-state index contributed by atoms with van der Waals surface area (Å²) < 4.78 is 0. The first-order chi connectivity index (χ1) is 5.17. The molecular weight excluding hydrogens is 134 g/mol. The molecule has 0 amide bonds. The van der Waals surface area contributed by atoms with E-state index >= 15 is 0 Å². The summed E-state index contributed by atoms with van der Waals surface area (Å²) in [7, 11) is 0. The highest BCUT2D eigenvalue weighted by Crippen LogP contribution is 2.45. The predicted molar refractivity (Wildman–Crippen MR) is 49.0 cm³/mol. The molecule has 1 rings (SSSR count). The smallest absolute Gasteiger partial charge is 0.00625 e. The van der Waals surface area contributed by atoms with Crippen molar-refractivity contribution in [3.05, 3.63) is 24.4 Å². The maximum Gasteiger partial charge on any atom is -0.00625 e. The molecule has 1 aliphatic carbocycles. The molecule has 0 heterocycles. The molecule has 0 bridgehead atoms. The fourth-order valence-corrected chi connectivity index (χ4v) is 1.33. The van der Waals surface area contributed by atoms with Gasteiger partial charge < -0.3 is 5.73 Å². The second-order valence-electron chi connectivity index (χ2n) is 3.84. The van der Waals surface area contributed by atoms with E-state index in [9.17, 15) is 0 Å². The quantitative estimate of drug-likeness (QED) is 0.616. The summed E-state index contributed by atoms with van der Waals surface area (Å²) in [5.74, 6) is 0.907. The Kier molecular flexibility index (Phi) is 2.38. The molecular formula is C10H17N. The Hall–Kier alpha value is -0.720. The summed E-state index contributed by atoms with van der Waals surface area (Å²) in [6.07, 6.45) is 10.5. The van der Waals surface area contributed by atoms with Gasteiger partial charge >= 0.3 is 0 Å². The summed E-state index contributed by atoms with van der Waals surface area (Å²) in [5.41, 5.74) is 5.59. The zero-order valence-electron chi connectivity index (χ0n) is 7.38. The van der Waals surface area contributed by atoms with Crippen molar-refractivity contribution in [3.8, 4) is 0 Å². The van der Waals surface area contributed by atoms with E-state index in [0.717, 1.165) is 5.92 Å². The molecule has 0 unspecified atom stereocenters. The number of hydrogen-bond donors (Lipinski definition) is 1. The van der Waals surface area contributed by atoms with Gasteiger partial charge in [0.05, 0.1) is 0 Å².